The summed E-state index contributed by atoms with van der Waals surface area (Å²) in [5, 5.41) is 7.90. The van der Waals surface area contributed by atoms with Crippen LogP contribution in [0, 0.1) is 18.2 Å². The molecule has 8 nitrogen and oxygen atoms in total. The lowest BCUT2D eigenvalue weighted by atomic mass is 10.1. The molecule has 1 N–H and O–H groups in total. The molecule has 0 bridgehead atoms. The van der Waals surface area contributed by atoms with E-state index in [1.807, 2.05) is 15.9 Å². The Morgan fingerprint density at radius 2 is 1.54 bits per heavy atom. The van der Waals surface area contributed by atoms with Gasteiger partial charge in [-0.15, -0.1) is 0 Å². The third-order valence-corrected chi connectivity index (χ3v) is 7.19. The van der Waals surface area contributed by atoms with Crippen molar-refractivity contribution < 1.29 is 17.6 Å². The van der Waals surface area contributed by atoms with Crippen molar-refractivity contribution in [2.45, 2.75) is 20.0 Å². The van der Waals surface area contributed by atoms with Crippen LogP contribution in [0.25, 0.3) is 11.3 Å². The largest absolute Gasteiger partial charge is 0.419 e. The van der Waals surface area contributed by atoms with Gasteiger partial charge in [0.05, 0.1) is 17.1 Å². The van der Waals surface area contributed by atoms with Crippen molar-refractivity contribution >= 4 is 23.4 Å². The van der Waals surface area contributed by atoms with Crippen LogP contribution in [-0.2, 0) is 6.18 Å². The molecule has 0 saturated carbocycles. The van der Waals surface area contributed by atoms with Crippen LogP contribution in [0.15, 0.2) is 42.6 Å². The van der Waals surface area contributed by atoms with Crippen molar-refractivity contribution in [3.05, 3.63) is 59.5 Å². The summed E-state index contributed by atoms with van der Waals surface area (Å²) < 4.78 is 54.7. The van der Waals surface area contributed by atoms with E-state index >= 15 is 0 Å². The molecule has 3 aromatic rings. The maximum absolute atomic E-state index is 14.0. The summed E-state index contributed by atoms with van der Waals surface area (Å²) in [6.07, 6.45) is -3.10. The van der Waals surface area contributed by atoms with E-state index in [0.717, 1.165) is 11.6 Å². The smallest absolute Gasteiger partial charge is 0.357 e. The molecule has 0 radical (unpaired) electrons. The number of amidine groups is 1. The summed E-state index contributed by atoms with van der Waals surface area (Å²) in [7, 11) is 0. The monoisotopic (exact) mass is 542 g/mol. The Balaban J connectivity index is 1.42. The first-order chi connectivity index (χ1) is 18.6. The molecule has 5 rings (SSSR count). The number of aryl methyl sites for hydroxylation is 1. The highest BCUT2D eigenvalue weighted by atomic mass is 19.4. The van der Waals surface area contributed by atoms with Gasteiger partial charge < -0.3 is 19.6 Å². The first-order valence-corrected chi connectivity index (χ1v) is 12.8. The fourth-order valence-electron chi connectivity index (χ4n) is 4.94. The fourth-order valence-corrected chi connectivity index (χ4v) is 4.94. The highest BCUT2D eigenvalue weighted by molar-refractivity contribution is 5.76. The molecule has 2 aliphatic heterocycles. The zero-order chi connectivity index (χ0) is 27.7. The quantitative estimate of drug-likeness (QED) is 0.297. The minimum atomic E-state index is -4.48. The molecule has 0 atom stereocenters. The summed E-state index contributed by atoms with van der Waals surface area (Å²) >= 11 is 0. The van der Waals surface area contributed by atoms with Crippen LogP contribution in [0.2, 0.25) is 0 Å². The van der Waals surface area contributed by atoms with Gasteiger partial charge in [0.2, 0.25) is 5.95 Å². The minimum Gasteiger partial charge on any atom is -0.357 e. The molecule has 0 spiro atoms. The summed E-state index contributed by atoms with van der Waals surface area (Å²) in [5.41, 5.74) is 1.18. The molecule has 0 amide bonds. The van der Waals surface area contributed by atoms with Crippen LogP contribution in [0.4, 0.5) is 35.1 Å². The Bertz CT molecular complexity index is 1350. The molecule has 39 heavy (non-hydrogen) atoms. The topological polar surface area (TPSA) is 75.5 Å². The SMILES string of the molecule is CC(=N)N1CCN(c2nc(-c3ccc(F)c(C)c3)cc(N3CCN(c4ncccc4C(F)(F)F)CC3)n2)CC1. The molecule has 2 aromatic heterocycles. The van der Waals surface area contributed by atoms with Gasteiger partial charge in [-0.2, -0.15) is 18.2 Å². The number of rotatable bonds is 4. The van der Waals surface area contributed by atoms with Gasteiger partial charge >= 0.3 is 6.18 Å². The van der Waals surface area contributed by atoms with Gasteiger partial charge in [-0.05, 0) is 49.7 Å². The second-order valence-corrected chi connectivity index (χ2v) is 9.78. The molecule has 12 heteroatoms. The van der Waals surface area contributed by atoms with Gasteiger partial charge in [-0.3, -0.25) is 5.41 Å². The molecule has 2 saturated heterocycles. The summed E-state index contributed by atoms with van der Waals surface area (Å²) in [6, 6.07) is 9.06. The third kappa shape index (κ3) is 5.74. The van der Waals surface area contributed by atoms with Crippen molar-refractivity contribution in [3.63, 3.8) is 0 Å². The summed E-state index contributed by atoms with van der Waals surface area (Å²) in [4.78, 5) is 21.5. The average molecular weight is 543 g/mol. The zero-order valence-corrected chi connectivity index (χ0v) is 21.8. The van der Waals surface area contributed by atoms with E-state index < -0.39 is 11.7 Å². The van der Waals surface area contributed by atoms with Gasteiger partial charge in [0.25, 0.3) is 0 Å². The van der Waals surface area contributed by atoms with Crippen LogP contribution >= 0.6 is 0 Å². The van der Waals surface area contributed by atoms with Gasteiger partial charge in [-0.1, -0.05) is 0 Å². The Kier molecular flexibility index (Phi) is 7.28. The van der Waals surface area contributed by atoms with Crippen LogP contribution < -0.4 is 14.7 Å². The lowest BCUT2D eigenvalue weighted by molar-refractivity contribution is -0.137. The van der Waals surface area contributed by atoms with E-state index in [-0.39, 0.29) is 11.6 Å². The normalized spacial score (nSPS) is 16.6. The number of piperazine rings is 2. The van der Waals surface area contributed by atoms with Crippen LogP contribution in [0.3, 0.4) is 0 Å². The number of halogens is 4. The highest BCUT2D eigenvalue weighted by Gasteiger charge is 2.36. The molecule has 1 aromatic carbocycles. The van der Waals surface area contributed by atoms with Gasteiger partial charge in [-0.25, -0.2) is 14.4 Å². The molecule has 0 aliphatic carbocycles. The number of nitrogens with one attached hydrogen (secondary N) is 1. The second kappa shape index (κ2) is 10.7. The molecule has 2 aliphatic rings. The van der Waals surface area contributed by atoms with Gasteiger partial charge in [0.1, 0.15) is 17.5 Å². The Morgan fingerprint density at radius 1 is 0.872 bits per heavy atom. The summed E-state index contributed by atoms with van der Waals surface area (Å²) in [6.45, 7) is 7.72. The predicted molar refractivity (Wildman–Crippen MR) is 143 cm³/mol. The lowest BCUT2D eigenvalue weighted by Crippen LogP contribution is -2.49. The van der Waals surface area contributed by atoms with Crippen molar-refractivity contribution in [3.8, 4) is 11.3 Å². The molecule has 2 fully saturated rings. The maximum Gasteiger partial charge on any atom is 0.419 e. The lowest BCUT2D eigenvalue weighted by Gasteiger charge is -2.38. The average Bonchev–Trinajstić information content (AvgIpc) is 2.94. The Labute approximate surface area is 224 Å². The number of hydrogen-bond acceptors (Lipinski definition) is 7. The van der Waals surface area contributed by atoms with Crippen LogP contribution in [0.5, 0.6) is 0 Å². The Hall–Kier alpha value is -3.96. The number of pyridine rings is 1. The second-order valence-electron chi connectivity index (χ2n) is 9.78. The zero-order valence-electron chi connectivity index (χ0n) is 21.8. The number of benzene rings is 1. The Morgan fingerprint density at radius 3 is 2.18 bits per heavy atom. The number of alkyl halides is 3. The number of anilines is 3. The maximum atomic E-state index is 14.0. The first-order valence-electron chi connectivity index (χ1n) is 12.8. The van der Waals surface area contributed by atoms with E-state index in [1.165, 1.54) is 18.3 Å². The molecular weight excluding hydrogens is 512 g/mol. The molecular formula is C27H30F4N8. The first kappa shape index (κ1) is 26.6. The standard InChI is InChI=1S/C27H30F4N8/c1-18-16-20(5-6-22(18)28)23-17-24(35-26(34-23)39-14-8-36(9-15-39)19(2)32)37-10-12-38(13-11-37)25-21(27(29,30)31)4-3-7-33-25/h3-7,16-17,32H,8-15H2,1-2H3. The minimum absolute atomic E-state index is 0.0603. The van der Waals surface area contributed by atoms with E-state index in [2.05, 4.69) is 9.88 Å². The van der Waals surface area contributed by atoms with E-state index in [1.54, 1.807) is 30.9 Å². The third-order valence-electron chi connectivity index (χ3n) is 7.19. The van der Waals surface area contributed by atoms with E-state index in [9.17, 15) is 17.6 Å². The van der Waals surface area contributed by atoms with E-state index in [0.29, 0.717) is 81.2 Å². The van der Waals surface area contributed by atoms with Crippen molar-refractivity contribution in [2.24, 2.45) is 0 Å². The fraction of sp³-hybridized carbons (Fsp3) is 0.407. The van der Waals surface area contributed by atoms with Gasteiger partial charge in [0.15, 0.2) is 0 Å². The van der Waals surface area contributed by atoms with Crippen LogP contribution in [0.1, 0.15) is 18.1 Å². The molecule has 4 heterocycles. The highest BCUT2D eigenvalue weighted by Crippen LogP contribution is 2.36. The summed E-state index contributed by atoms with van der Waals surface area (Å²) in [5.74, 6) is 1.37. The van der Waals surface area contributed by atoms with Crippen LogP contribution in [-0.4, -0.2) is 78.0 Å². The van der Waals surface area contributed by atoms with Crippen molar-refractivity contribution in [1.82, 2.24) is 19.9 Å². The van der Waals surface area contributed by atoms with Gasteiger partial charge in [0, 0.05) is 70.2 Å². The number of hydrogen-bond donors (Lipinski definition) is 1. The van der Waals surface area contributed by atoms with E-state index in [4.69, 9.17) is 15.4 Å². The number of nitrogens with zero attached hydrogens (tertiary/aromatic N) is 7. The predicted octanol–water partition coefficient (Wildman–Crippen LogP) is 4.45. The molecule has 0 unspecified atom stereocenters. The molecule has 206 valence electrons. The van der Waals surface area contributed by atoms with Crippen molar-refractivity contribution in [1.29, 1.82) is 5.41 Å². The number of aromatic nitrogens is 3. The van der Waals surface area contributed by atoms with Crippen molar-refractivity contribution in [2.75, 3.05) is 67.1 Å².